The maximum atomic E-state index is 2.53. The van der Waals surface area contributed by atoms with E-state index in [0.29, 0.717) is 5.40 Å². The summed E-state index contributed by atoms with van der Waals surface area (Å²) in [5.74, 6) is 0. The Kier molecular flexibility index (Phi) is 8.19. The molecule has 0 unspecified atom stereocenters. The van der Waals surface area contributed by atoms with Gasteiger partial charge >= 0.3 is 0 Å². The van der Waals surface area contributed by atoms with Gasteiger partial charge in [-0.05, 0) is 92.5 Å². The molecule has 0 saturated heterocycles. The molecule has 0 amide bonds. The largest absolute Gasteiger partial charge is 0.0563 e. The Balaban J connectivity index is 1.99. The lowest BCUT2D eigenvalue weighted by Gasteiger charge is -2.34. The summed E-state index contributed by atoms with van der Waals surface area (Å²) in [5, 5.41) is 6.49. The Morgan fingerprint density at radius 3 is 0.667 bits per heavy atom. The third kappa shape index (κ3) is 6.17. The zero-order valence-electron chi connectivity index (χ0n) is 23.4. The van der Waals surface area contributed by atoms with Crippen LogP contribution in [-0.2, 0) is 0 Å². The first-order valence-electron chi connectivity index (χ1n) is 12.9. The summed E-state index contributed by atoms with van der Waals surface area (Å²) in [6.45, 7) is 20.5. The maximum Gasteiger partial charge on any atom is 0.0126 e. The van der Waals surface area contributed by atoms with Crippen molar-refractivity contribution >= 4 is 37.1 Å². The molecule has 0 aliphatic carbocycles. The second-order valence-corrected chi connectivity index (χ2v) is 16.3. The summed E-state index contributed by atoms with van der Waals surface area (Å²) in [5.41, 5.74) is 10.9. The molecule has 0 N–H and O–H groups in total. The van der Waals surface area contributed by atoms with Gasteiger partial charge in [0.25, 0.3) is 0 Å². The normalized spacial score (nSPS) is 11.7. The van der Waals surface area contributed by atoms with Crippen LogP contribution in [0.3, 0.4) is 0 Å². The van der Waals surface area contributed by atoms with E-state index in [1.807, 2.05) is 0 Å². The van der Waals surface area contributed by atoms with Gasteiger partial charge in [-0.2, -0.15) is 0 Å². The average Bonchev–Trinajstić information content (AvgIpc) is 2.71. The molecule has 0 spiro atoms. The number of hydrogen-bond acceptors (Lipinski definition) is 0. The third-order valence-electron chi connectivity index (χ3n) is 6.69. The van der Waals surface area contributed by atoms with E-state index in [2.05, 4.69) is 135 Å². The average molecular weight is 511 g/mol. The van der Waals surface area contributed by atoms with Crippen LogP contribution in [0.5, 0.6) is 0 Å². The van der Waals surface area contributed by atoms with E-state index in [1.165, 1.54) is 65.7 Å². The summed E-state index contributed by atoms with van der Waals surface area (Å²) in [6.07, 6.45) is 0. The van der Waals surface area contributed by atoms with Crippen molar-refractivity contribution in [1.29, 1.82) is 0 Å². The fraction of sp³-hybridized carbons (Fsp3) is 0.294. The summed E-state index contributed by atoms with van der Waals surface area (Å²) in [4.78, 5) is 0. The van der Waals surface area contributed by atoms with Gasteiger partial charge in [0.1, 0.15) is 0 Å². The highest BCUT2D eigenvalue weighted by Crippen LogP contribution is 2.56. The molecule has 2 heteroatoms. The monoisotopic (exact) mass is 510 g/mol. The van der Waals surface area contributed by atoms with Crippen molar-refractivity contribution in [2.24, 2.45) is 0 Å². The van der Waals surface area contributed by atoms with Gasteiger partial charge in [0.15, 0.2) is 0 Å². The smallest absolute Gasteiger partial charge is 0.0126 e. The van der Waals surface area contributed by atoms with Gasteiger partial charge in [0.2, 0.25) is 0 Å². The van der Waals surface area contributed by atoms with Crippen LogP contribution in [0.25, 0.3) is 0 Å². The molecule has 36 heavy (non-hydrogen) atoms. The summed E-state index contributed by atoms with van der Waals surface area (Å²) in [7, 11) is -1.15. The highest BCUT2D eigenvalue weighted by molar-refractivity contribution is 7.89. The van der Waals surface area contributed by atoms with Gasteiger partial charge < -0.3 is 0 Å². The minimum atomic E-state index is -0.573. The highest BCUT2D eigenvalue weighted by Gasteiger charge is 2.31. The predicted molar refractivity (Wildman–Crippen MR) is 166 cm³/mol. The number of benzene rings is 4. The van der Waals surface area contributed by atoms with Crippen LogP contribution < -0.4 is 21.2 Å². The van der Waals surface area contributed by atoms with Gasteiger partial charge in [-0.15, -0.1) is 0 Å². The van der Waals surface area contributed by atoms with Gasteiger partial charge in [-0.1, -0.05) is 124 Å². The van der Waals surface area contributed by atoms with Gasteiger partial charge in [-0.25, -0.2) is 0 Å². The van der Waals surface area contributed by atoms with Crippen LogP contribution in [-0.4, -0.2) is 5.40 Å². The first-order chi connectivity index (χ1) is 17.0. The molecule has 0 radical (unpaired) electrons. The molecular formula is C34H40P2. The Bertz CT molecular complexity index is 1110. The molecule has 0 heterocycles. The lowest BCUT2D eigenvalue weighted by atomic mass is 10.2. The molecule has 0 bridgehead atoms. The molecule has 4 rings (SSSR count). The quantitative estimate of drug-likeness (QED) is 0.230. The van der Waals surface area contributed by atoms with Crippen LogP contribution in [0.4, 0.5) is 0 Å². The molecule has 4 aromatic rings. The van der Waals surface area contributed by atoms with Gasteiger partial charge in [-0.3, -0.25) is 0 Å². The van der Waals surface area contributed by atoms with Crippen molar-refractivity contribution in [3.05, 3.63) is 117 Å². The fourth-order valence-electron chi connectivity index (χ4n) is 5.64. The lowest BCUT2D eigenvalue weighted by Crippen LogP contribution is -2.27. The first kappa shape index (κ1) is 26.8. The van der Waals surface area contributed by atoms with E-state index in [9.17, 15) is 0 Å². The molecule has 0 aromatic heterocycles. The number of aryl methyl sites for hydroxylation is 8. The van der Waals surface area contributed by atoms with E-state index in [-0.39, 0.29) is 0 Å². The standard InChI is InChI=1S/C34H40P2/c1-22-10-23(2)15-31(14-22)35(32-16-24(3)11-25(4)17-32)30(9)36(33-18-26(5)12-27(6)19-33)34-20-28(7)13-29(8)21-34/h10-21,30H,1-9H3. The van der Waals surface area contributed by atoms with E-state index in [4.69, 9.17) is 0 Å². The van der Waals surface area contributed by atoms with Crippen LogP contribution >= 0.6 is 15.8 Å². The zero-order valence-corrected chi connectivity index (χ0v) is 25.2. The highest BCUT2D eigenvalue weighted by atomic mass is 31.2. The summed E-state index contributed by atoms with van der Waals surface area (Å²) < 4.78 is 0. The molecule has 4 aromatic carbocycles. The van der Waals surface area contributed by atoms with Crippen LogP contribution in [0, 0.1) is 55.4 Å². The van der Waals surface area contributed by atoms with Crippen LogP contribution in [0.2, 0.25) is 0 Å². The SMILES string of the molecule is Cc1cc(C)cc(P(c2cc(C)cc(C)c2)C(C)P(c2cc(C)cc(C)c2)c2cc(C)cc(C)c2)c1. The van der Waals surface area contributed by atoms with Crippen molar-refractivity contribution in [2.45, 2.75) is 67.7 Å². The second-order valence-electron chi connectivity index (χ2n) is 10.8. The third-order valence-corrected chi connectivity index (χ3v) is 12.8. The zero-order chi connectivity index (χ0) is 26.1. The Labute approximate surface area is 221 Å². The lowest BCUT2D eigenvalue weighted by molar-refractivity contribution is 1.35. The molecule has 0 nitrogen and oxygen atoms in total. The van der Waals surface area contributed by atoms with E-state index >= 15 is 0 Å². The number of hydrogen-bond donors (Lipinski definition) is 0. The Morgan fingerprint density at radius 1 is 0.333 bits per heavy atom. The summed E-state index contributed by atoms with van der Waals surface area (Å²) >= 11 is 0. The first-order valence-corrected chi connectivity index (χ1v) is 15.7. The second kappa shape index (κ2) is 11.0. The van der Waals surface area contributed by atoms with Crippen LogP contribution in [0.15, 0.2) is 72.8 Å². The molecule has 186 valence electrons. The van der Waals surface area contributed by atoms with Crippen LogP contribution in [0.1, 0.15) is 51.4 Å². The molecule has 0 fully saturated rings. The number of rotatable bonds is 6. The molecule has 0 aliphatic rings. The maximum absolute atomic E-state index is 2.53. The van der Waals surface area contributed by atoms with Crippen molar-refractivity contribution in [1.82, 2.24) is 0 Å². The van der Waals surface area contributed by atoms with Crippen molar-refractivity contribution in [2.75, 3.05) is 0 Å². The molecular weight excluding hydrogens is 470 g/mol. The van der Waals surface area contributed by atoms with Crippen molar-refractivity contribution in [3.63, 3.8) is 0 Å². The summed E-state index contributed by atoms with van der Waals surface area (Å²) in [6, 6.07) is 28.8. The van der Waals surface area contributed by atoms with Crippen molar-refractivity contribution in [3.8, 4) is 0 Å². The van der Waals surface area contributed by atoms with Gasteiger partial charge in [0, 0.05) is 5.40 Å². The molecule has 0 aliphatic heterocycles. The van der Waals surface area contributed by atoms with E-state index in [0.717, 1.165) is 0 Å². The molecule has 0 saturated carbocycles. The van der Waals surface area contributed by atoms with Gasteiger partial charge in [0.05, 0.1) is 0 Å². The Hall–Kier alpha value is -2.26. The predicted octanol–water partition coefficient (Wildman–Crippen LogP) is 8.07. The van der Waals surface area contributed by atoms with E-state index in [1.54, 1.807) is 0 Å². The Morgan fingerprint density at radius 2 is 0.500 bits per heavy atom. The minimum Gasteiger partial charge on any atom is -0.0563 e. The fourth-order valence-corrected chi connectivity index (χ4v) is 13.2. The topological polar surface area (TPSA) is 0 Å². The minimum absolute atomic E-state index is 0.486. The van der Waals surface area contributed by atoms with Crippen molar-refractivity contribution < 1.29 is 0 Å². The molecule has 0 atom stereocenters. The van der Waals surface area contributed by atoms with E-state index < -0.39 is 15.8 Å².